The van der Waals surface area contributed by atoms with Crippen LogP contribution in [0.5, 0.6) is 0 Å². The standard InChI is InChI=1S/C14H9ClFN3O/c15-9-1-3-11(12(18)6-9)14(20)19-13-4-2-10(16)5-8(13)7-17/h1-6H,18H2,(H,19,20). The molecule has 0 unspecified atom stereocenters. The molecular weight excluding hydrogens is 281 g/mol. The molecule has 0 fully saturated rings. The molecule has 4 nitrogen and oxygen atoms in total. The van der Waals surface area contributed by atoms with Crippen LogP contribution in [0.25, 0.3) is 0 Å². The Hall–Kier alpha value is -2.58. The molecule has 0 radical (unpaired) electrons. The van der Waals surface area contributed by atoms with E-state index in [1.807, 2.05) is 6.07 Å². The van der Waals surface area contributed by atoms with Gasteiger partial charge in [0.2, 0.25) is 0 Å². The molecule has 1 amide bonds. The highest BCUT2D eigenvalue weighted by Gasteiger charge is 2.12. The van der Waals surface area contributed by atoms with Crippen molar-refractivity contribution in [3.8, 4) is 6.07 Å². The van der Waals surface area contributed by atoms with E-state index >= 15 is 0 Å². The van der Waals surface area contributed by atoms with Crippen molar-refractivity contribution in [2.24, 2.45) is 0 Å². The quantitative estimate of drug-likeness (QED) is 0.833. The average Bonchev–Trinajstić information content (AvgIpc) is 2.40. The van der Waals surface area contributed by atoms with Crippen molar-refractivity contribution in [2.75, 3.05) is 11.1 Å². The minimum Gasteiger partial charge on any atom is -0.398 e. The zero-order valence-corrected chi connectivity index (χ0v) is 10.9. The molecule has 0 bridgehead atoms. The fourth-order valence-corrected chi connectivity index (χ4v) is 1.83. The van der Waals surface area contributed by atoms with Crippen LogP contribution in [0.4, 0.5) is 15.8 Å². The fourth-order valence-electron chi connectivity index (χ4n) is 1.65. The van der Waals surface area contributed by atoms with Gasteiger partial charge in [-0.15, -0.1) is 0 Å². The topological polar surface area (TPSA) is 78.9 Å². The van der Waals surface area contributed by atoms with Gasteiger partial charge in [-0.25, -0.2) is 4.39 Å². The SMILES string of the molecule is N#Cc1cc(F)ccc1NC(=O)c1ccc(Cl)cc1N. The number of hydrogen-bond donors (Lipinski definition) is 2. The van der Waals surface area contributed by atoms with Crippen molar-refractivity contribution in [3.05, 3.63) is 58.4 Å². The number of anilines is 2. The average molecular weight is 290 g/mol. The molecule has 0 atom stereocenters. The van der Waals surface area contributed by atoms with Crippen LogP contribution < -0.4 is 11.1 Å². The molecule has 2 rings (SSSR count). The summed E-state index contributed by atoms with van der Waals surface area (Å²) < 4.78 is 13.0. The van der Waals surface area contributed by atoms with Crippen LogP contribution >= 0.6 is 11.6 Å². The van der Waals surface area contributed by atoms with Gasteiger partial charge < -0.3 is 11.1 Å². The maximum Gasteiger partial charge on any atom is 0.257 e. The summed E-state index contributed by atoms with van der Waals surface area (Å²) in [4.78, 5) is 12.1. The molecule has 20 heavy (non-hydrogen) atoms. The van der Waals surface area contributed by atoms with Gasteiger partial charge >= 0.3 is 0 Å². The molecule has 0 aromatic heterocycles. The maximum atomic E-state index is 13.0. The van der Waals surface area contributed by atoms with Crippen LogP contribution in [0.2, 0.25) is 5.02 Å². The van der Waals surface area contributed by atoms with E-state index in [2.05, 4.69) is 5.32 Å². The predicted molar refractivity (Wildman–Crippen MR) is 74.9 cm³/mol. The second-order valence-corrected chi connectivity index (χ2v) is 4.42. The molecule has 0 aliphatic heterocycles. The van der Waals surface area contributed by atoms with Gasteiger partial charge in [0.1, 0.15) is 11.9 Å². The smallest absolute Gasteiger partial charge is 0.257 e. The van der Waals surface area contributed by atoms with Gasteiger partial charge in [0.15, 0.2) is 0 Å². The van der Waals surface area contributed by atoms with Gasteiger partial charge in [0.25, 0.3) is 5.91 Å². The fraction of sp³-hybridized carbons (Fsp3) is 0. The minimum atomic E-state index is -0.550. The second-order valence-electron chi connectivity index (χ2n) is 3.99. The lowest BCUT2D eigenvalue weighted by atomic mass is 10.1. The Kier molecular flexibility index (Phi) is 3.87. The number of carbonyl (C=O) groups is 1. The Labute approximate surface area is 119 Å². The van der Waals surface area contributed by atoms with Crippen LogP contribution in [0.15, 0.2) is 36.4 Å². The summed E-state index contributed by atoms with van der Waals surface area (Å²) in [5.74, 6) is -1.05. The largest absolute Gasteiger partial charge is 0.398 e. The summed E-state index contributed by atoms with van der Waals surface area (Å²) in [6.45, 7) is 0. The molecule has 0 aliphatic rings. The first-order valence-corrected chi connectivity index (χ1v) is 5.95. The highest BCUT2D eigenvalue weighted by Crippen LogP contribution is 2.21. The summed E-state index contributed by atoms with van der Waals surface area (Å²) in [7, 11) is 0. The zero-order chi connectivity index (χ0) is 14.7. The molecule has 0 saturated heterocycles. The second kappa shape index (κ2) is 5.59. The van der Waals surface area contributed by atoms with Crippen LogP contribution in [-0.2, 0) is 0 Å². The number of nitrogens with zero attached hydrogens (tertiary/aromatic N) is 1. The number of nitrogens with one attached hydrogen (secondary N) is 1. The first-order chi connectivity index (χ1) is 9.51. The Balaban J connectivity index is 2.31. The van der Waals surface area contributed by atoms with Crippen LogP contribution in [0.1, 0.15) is 15.9 Å². The number of rotatable bonds is 2. The van der Waals surface area contributed by atoms with Crippen LogP contribution in [0, 0.1) is 17.1 Å². The van der Waals surface area contributed by atoms with Gasteiger partial charge in [-0.05, 0) is 36.4 Å². The highest BCUT2D eigenvalue weighted by molar-refractivity contribution is 6.31. The predicted octanol–water partition coefficient (Wildman–Crippen LogP) is 3.19. The number of nitrogens with two attached hydrogens (primary N) is 1. The normalized spacial score (nSPS) is 9.85. The highest BCUT2D eigenvalue weighted by atomic mass is 35.5. The maximum absolute atomic E-state index is 13.0. The molecule has 0 heterocycles. The van der Waals surface area contributed by atoms with E-state index in [1.54, 1.807) is 0 Å². The number of nitriles is 1. The van der Waals surface area contributed by atoms with Crippen molar-refractivity contribution in [1.29, 1.82) is 5.26 Å². The molecule has 2 aromatic carbocycles. The van der Waals surface area contributed by atoms with E-state index in [-0.39, 0.29) is 22.5 Å². The third-order valence-corrected chi connectivity index (χ3v) is 2.84. The molecular formula is C14H9ClFN3O. The van der Waals surface area contributed by atoms with E-state index in [4.69, 9.17) is 22.6 Å². The molecule has 2 aromatic rings. The van der Waals surface area contributed by atoms with Gasteiger partial charge in [-0.3, -0.25) is 4.79 Å². The number of amides is 1. The molecule has 100 valence electrons. The molecule has 3 N–H and O–H groups in total. The van der Waals surface area contributed by atoms with Gasteiger partial charge in [-0.2, -0.15) is 5.26 Å². The number of carbonyl (C=O) groups excluding carboxylic acids is 1. The van der Waals surface area contributed by atoms with Gasteiger partial charge in [0.05, 0.1) is 16.8 Å². The van der Waals surface area contributed by atoms with Crippen molar-refractivity contribution in [2.45, 2.75) is 0 Å². The van der Waals surface area contributed by atoms with Crippen LogP contribution in [0.3, 0.4) is 0 Å². The lowest BCUT2D eigenvalue weighted by Crippen LogP contribution is -2.14. The van der Waals surface area contributed by atoms with E-state index in [0.29, 0.717) is 5.02 Å². The third kappa shape index (κ3) is 2.87. The van der Waals surface area contributed by atoms with Gasteiger partial charge in [-0.1, -0.05) is 11.6 Å². The molecule has 0 saturated carbocycles. The summed E-state index contributed by atoms with van der Waals surface area (Å²) in [5, 5.41) is 11.8. The van der Waals surface area contributed by atoms with E-state index < -0.39 is 11.7 Å². The molecule has 6 heteroatoms. The first kappa shape index (κ1) is 13.8. The number of benzene rings is 2. The zero-order valence-electron chi connectivity index (χ0n) is 10.2. The van der Waals surface area contributed by atoms with Crippen molar-refractivity contribution in [1.82, 2.24) is 0 Å². The lowest BCUT2D eigenvalue weighted by Gasteiger charge is -2.09. The summed E-state index contributed by atoms with van der Waals surface area (Å²) in [5.41, 5.74) is 6.39. The Morgan fingerprint density at radius 2 is 2.05 bits per heavy atom. The van der Waals surface area contributed by atoms with E-state index in [9.17, 15) is 9.18 Å². The van der Waals surface area contributed by atoms with Crippen molar-refractivity contribution >= 4 is 28.9 Å². The monoisotopic (exact) mass is 289 g/mol. The lowest BCUT2D eigenvalue weighted by molar-refractivity contribution is 0.102. The first-order valence-electron chi connectivity index (χ1n) is 5.57. The Morgan fingerprint density at radius 3 is 2.70 bits per heavy atom. The van der Waals surface area contributed by atoms with E-state index in [1.165, 1.54) is 24.3 Å². The Bertz CT molecular complexity index is 725. The molecule has 0 aliphatic carbocycles. The summed E-state index contributed by atoms with van der Waals surface area (Å²) >= 11 is 5.75. The number of nitrogen functional groups attached to an aromatic ring is 1. The Morgan fingerprint density at radius 1 is 1.30 bits per heavy atom. The van der Waals surface area contributed by atoms with Crippen LogP contribution in [-0.4, -0.2) is 5.91 Å². The third-order valence-electron chi connectivity index (χ3n) is 2.61. The van der Waals surface area contributed by atoms with E-state index in [0.717, 1.165) is 12.1 Å². The summed E-state index contributed by atoms with van der Waals surface area (Å²) in [6, 6.07) is 9.78. The summed E-state index contributed by atoms with van der Waals surface area (Å²) in [6.07, 6.45) is 0. The van der Waals surface area contributed by atoms with Gasteiger partial charge in [0, 0.05) is 10.7 Å². The minimum absolute atomic E-state index is 0.0332. The molecule has 0 spiro atoms. The van der Waals surface area contributed by atoms with Crippen molar-refractivity contribution in [3.63, 3.8) is 0 Å². The van der Waals surface area contributed by atoms with Crippen molar-refractivity contribution < 1.29 is 9.18 Å². The number of halogens is 2. The number of hydrogen-bond acceptors (Lipinski definition) is 3.